The molecule has 4 nitrogen and oxygen atoms in total. The molecule has 16 heavy (non-hydrogen) atoms. The number of pyridine rings is 1. The molecule has 4 heteroatoms. The highest BCUT2D eigenvalue weighted by Gasteiger charge is 2.16. The zero-order valence-corrected chi connectivity index (χ0v) is 9.84. The van der Waals surface area contributed by atoms with E-state index in [0.29, 0.717) is 6.54 Å². The van der Waals surface area contributed by atoms with Gasteiger partial charge in [0.2, 0.25) is 0 Å². The molecule has 0 amide bonds. The van der Waals surface area contributed by atoms with Crippen LogP contribution in [0.2, 0.25) is 0 Å². The van der Waals surface area contributed by atoms with E-state index < -0.39 is 0 Å². The third-order valence-electron chi connectivity index (χ3n) is 2.76. The van der Waals surface area contributed by atoms with Crippen LogP contribution in [-0.2, 0) is 0 Å². The smallest absolute Gasteiger partial charge is 0.0471 e. The molecule has 0 bridgehead atoms. The van der Waals surface area contributed by atoms with Crippen LogP contribution in [0.5, 0.6) is 0 Å². The molecule has 0 aromatic carbocycles. The molecule has 1 atom stereocenters. The zero-order valence-electron chi connectivity index (χ0n) is 9.84. The van der Waals surface area contributed by atoms with Crippen LogP contribution < -0.4 is 5.73 Å². The maximum absolute atomic E-state index is 8.87. The standard InChI is InChI=1S/C12H21N3O/c1-2-15(8-3-9-16)12(10-13)11-4-6-14-7-5-11/h4-7,12,16H,2-3,8-10,13H2,1H3. The maximum Gasteiger partial charge on any atom is 0.0471 e. The highest BCUT2D eigenvalue weighted by Crippen LogP contribution is 2.18. The molecule has 90 valence electrons. The van der Waals surface area contributed by atoms with E-state index in [-0.39, 0.29) is 12.6 Å². The van der Waals surface area contributed by atoms with Crippen LogP contribution in [0.4, 0.5) is 0 Å². The predicted octanol–water partition coefficient (Wildman–Crippen LogP) is 0.786. The highest BCUT2D eigenvalue weighted by atomic mass is 16.3. The summed E-state index contributed by atoms with van der Waals surface area (Å²) in [6.45, 7) is 4.73. The molecule has 1 unspecified atom stereocenters. The van der Waals surface area contributed by atoms with Gasteiger partial charge in [-0.2, -0.15) is 0 Å². The van der Waals surface area contributed by atoms with Gasteiger partial charge in [0, 0.05) is 38.1 Å². The van der Waals surface area contributed by atoms with E-state index in [1.54, 1.807) is 12.4 Å². The largest absolute Gasteiger partial charge is 0.396 e. The van der Waals surface area contributed by atoms with Gasteiger partial charge in [0.05, 0.1) is 0 Å². The molecule has 0 aliphatic heterocycles. The lowest BCUT2D eigenvalue weighted by Crippen LogP contribution is -2.34. The number of hydrogen-bond donors (Lipinski definition) is 2. The van der Waals surface area contributed by atoms with Gasteiger partial charge < -0.3 is 10.8 Å². The van der Waals surface area contributed by atoms with Crippen LogP contribution in [-0.4, -0.2) is 41.2 Å². The first kappa shape index (κ1) is 13.1. The Morgan fingerprint density at radius 2 is 2.12 bits per heavy atom. The SMILES string of the molecule is CCN(CCCO)C(CN)c1ccncc1. The molecule has 0 radical (unpaired) electrons. The van der Waals surface area contributed by atoms with E-state index in [1.165, 1.54) is 5.56 Å². The van der Waals surface area contributed by atoms with Gasteiger partial charge in [0.1, 0.15) is 0 Å². The lowest BCUT2D eigenvalue weighted by molar-refractivity contribution is 0.185. The van der Waals surface area contributed by atoms with Crippen LogP contribution in [0.15, 0.2) is 24.5 Å². The molecule has 0 spiro atoms. The Morgan fingerprint density at radius 3 is 2.62 bits per heavy atom. The second-order valence-corrected chi connectivity index (χ2v) is 3.74. The number of aromatic nitrogens is 1. The van der Waals surface area contributed by atoms with Crippen LogP contribution in [0.3, 0.4) is 0 Å². The molecule has 0 aliphatic carbocycles. The lowest BCUT2D eigenvalue weighted by atomic mass is 10.1. The first-order valence-electron chi connectivity index (χ1n) is 5.78. The summed E-state index contributed by atoms with van der Waals surface area (Å²) >= 11 is 0. The number of aliphatic hydroxyl groups is 1. The van der Waals surface area contributed by atoms with Crippen molar-refractivity contribution in [2.24, 2.45) is 5.73 Å². The quantitative estimate of drug-likeness (QED) is 0.717. The Morgan fingerprint density at radius 1 is 1.44 bits per heavy atom. The molecule has 0 fully saturated rings. The second kappa shape index (κ2) is 7.33. The maximum atomic E-state index is 8.87. The molecular weight excluding hydrogens is 202 g/mol. The van der Waals surface area contributed by atoms with E-state index in [0.717, 1.165) is 19.5 Å². The number of likely N-dealkylation sites (N-methyl/N-ethyl adjacent to an activating group) is 1. The number of rotatable bonds is 7. The minimum Gasteiger partial charge on any atom is -0.396 e. The van der Waals surface area contributed by atoms with Gasteiger partial charge in [0.15, 0.2) is 0 Å². The fraction of sp³-hybridized carbons (Fsp3) is 0.583. The molecule has 1 rings (SSSR count). The first-order chi connectivity index (χ1) is 7.83. The molecule has 1 heterocycles. The summed E-state index contributed by atoms with van der Waals surface area (Å²) in [7, 11) is 0. The third kappa shape index (κ3) is 3.56. The fourth-order valence-corrected chi connectivity index (χ4v) is 1.89. The Hall–Kier alpha value is -0.970. The van der Waals surface area contributed by atoms with Gasteiger partial charge in [-0.3, -0.25) is 9.88 Å². The molecule has 0 saturated heterocycles. The fourth-order valence-electron chi connectivity index (χ4n) is 1.89. The molecule has 1 aromatic heterocycles. The van der Waals surface area contributed by atoms with E-state index in [2.05, 4.69) is 16.8 Å². The summed E-state index contributed by atoms with van der Waals surface area (Å²) in [5.74, 6) is 0. The third-order valence-corrected chi connectivity index (χ3v) is 2.76. The van der Waals surface area contributed by atoms with Crippen LogP contribution >= 0.6 is 0 Å². The van der Waals surface area contributed by atoms with Gasteiger partial charge in [-0.1, -0.05) is 6.92 Å². The van der Waals surface area contributed by atoms with Crippen LogP contribution in [0, 0.1) is 0 Å². The number of nitrogens with zero attached hydrogens (tertiary/aromatic N) is 2. The average Bonchev–Trinajstić information content (AvgIpc) is 2.35. The van der Waals surface area contributed by atoms with Crippen LogP contribution in [0.25, 0.3) is 0 Å². The Kier molecular flexibility index (Phi) is 6.00. The van der Waals surface area contributed by atoms with Crippen molar-refractivity contribution < 1.29 is 5.11 Å². The Bertz CT molecular complexity index is 279. The lowest BCUT2D eigenvalue weighted by Gasteiger charge is -2.29. The zero-order chi connectivity index (χ0) is 11.8. The average molecular weight is 223 g/mol. The Labute approximate surface area is 97.1 Å². The summed E-state index contributed by atoms with van der Waals surface area (Å²) in [4.78, 5) is 6.29. The summed E-state index contributed by atoms with van der Waals surface area (Å²) in [5, 5.41) is 8.87. The Balaban J connectivity index is 2.71. The summed E-state index contributed by atoms with van der Waals surface area (Å²) in [5.41, 5.74) is 7.02. The molecule has 1 aromatic rings. The van der Waals surface area contributed by atoms with Crippen molar-refractivity contribution in [1.82, 2.24) is 9.88 Å². The molecule has 0 saturated carbocycles. The molecular formula is C12H21N3O. The van der Waals surface area contributed by atoms with Crippen molar-refractivity contribution in [2.75, 3.05) is 26.2 Å². The van der Waals surface area contributed by atoms with E-state index in [9.17, 15) is 0 Å². The molecule has 0 aliphatic rings. The second-order valence-electron chi connectivity index (χ2n) is 3.74. The predicted molar refractivity (Wildman–Crippen MR) is 65.0 cm³/mol. The van der Waals surface area contributed by atoms with Crippen molar-refractivity contribution >= 4 is 0 Å². The topological polar surface area (TPSA) is 62.4 Å². The van der Waals surface area contributed by atoms with Gasteiger partial charge >= 0.3 is 0 Å². The van der Waals surface area contributed by atoms with Crippen molar-refractivity contribution in [1.29, 1.82) is 0 Å². The number of aliphatic hydroxyl groups excluding tert-OH is 1. The minimum absolute atomic E-state index is 0.222. The monoisotopic (exact) mass is 223 g/mol. The number of hydrogen-bond acceptors (Lipinski definition) is 4. The van der Waals surface area contributed by atoms with Crippen molar-refractivity contribution in [3.8, 4) is 0 Å². The van der Waals surface area contributed by atoms with Crippen molar-refractivity contribution in [3.05, 3.63) is 30.1 Å². The number of nitrogens with two attached hydrogens (primary N) is 1. The minimum atomic E-state index is 0.222. The van der Waals surface area contributed by atoms with Gasteiger partial charge in [-0.25, -0.2) is 0 Å². The van der Waals surface area contributed by atoms with E-state index in [4.69, 9.17) is 10.8 Å². The summed E-state index contributed by atoms with van der Waals surface area (Å²) < 4.78 is 0. The summed E-state index contributed by atoms with van der Waals surface area (Å²) in [6, 6.07) is 4.22. The normalized spacial score (nSPS) is 13.0. The summed E-state index contributed by atoms with van der Waals surface area (Å²) in [6.07, 6.45) is 4.37. The van der Waals surface area contributed by atoms with Crippen LogP contribution in [0.1, 0.15) is 24.9 Å². The van der Waals surface area contributed by atoms with Crippen molar-refractivity contribution in [2.45, 2.75) is 19.4 Å². The van der Waals surface area contributed by atoms with Gasteiger partial charge in [0.25, 0.3) is 0 Å². The van der Waals surface area contributed by atoms with E-state index in [1.807, 2.05) is 12.1 Å². The van der Waals surface area contributed by atoms with Crippen molar-refractivity contribution in [3.63, 3.8) is 0 Å². The molecule has 3 N–H and O–H groups in total. The van der Waals surface area contributed by atoms with E-state index >= 15 is 0 Å². The highest BCUT2D eigenvalue weighted by molar-refractivity contribution is 5.15. The van der Waals surface area contributed by atoms with Gasteiger partial charge in [-0.05, 0) is 30.7 Å². The first-order valence-corrected chi connectivity index (χ1v) is 5.78. The van der Waals surface area contributed by atoms with Gasteiger partial charge in [-0.15, -0.1) is 0 Å².